The van der Waals surface area contributed by atoms with E-state index in [0.29, 0.717) is 5.41 Å². The van der Waals surface area contributed by atoms with Crippen LogP contribution in [0.4, 0.5) is 0 Å². The van der Waals surface area contributed by atoms with Gasteiger partial charge in [0.25, 0.3) is 0 Å². The number of hydrogen-bond donors (Lipinski definition) is 2. The number of rotatable bonds is 7. The Labute approximate surface area is 167 Å². The lowest BCUT2D eigenvalue weighted by atomic mass is 9.72. The van der Waals surface area contributed by atoms with Gasteiger partial charge in [0.2, 0.25) is 0 Å². The molecular formula is C24H41NO2. The summed E-state index contributed by atoms with van der Waals surface area (Å²) in [6.45, 7) is 12.2. The Bertz CT molecular complexity index is 575. The molecule has 0 aliphatic heterocycles. The van der Waals surface area contributed by atoms with Crippen molar-refractivity contribution < 1.29 is 10.2 Å². The molecule has 1 rings (SSSR count). The Morgan fingerprint density at radius 3 is 2.26 bits per heavy atom. The smallest absolute Gasteiger partial charge is 0.0617 e. The van der Waals surface area contributed by atoms with E-state index in [2.05, 4.69) is 45.9 Å². The highest BCUT2D eigenvalue weighted by atomic mass is 16.3. The van der Waals surface area contributed by atoms with Gasteiger partial charge < -0.3 is 15.1 Å². The minimum atomic E-state index is 0.0985. The molecule has 0 unspecified atom stereocenters. The summed E-state index contributed by atoms with van der Waals surface area (Å²) in [5, 5.41) is 17.0. The van der Waals surface area contributed by atoms with Crippen LogP contribution in [0.25, 0.3) is 0 Å². The molecule has 0 fully saturated rings. The number of hydrogen-bond acceptors (Lipinski definition) is 3. The van der Waals surface area contributed by atoms with Crippen molar-refractivity contribution in [2.24, 2.45) is 5.41 Å². The quantitative estimate of drug-likeness (QED) is 0.612. The highest BCUT2D eigenvalue weighted by Gasteiger charge is 2.26. The molecule has 0 aromatic heterocycles. The molecule has 0 radical (unpaired) electrons. The van der Waals surface area contributed by atoms with Gasteiger partial charge in [0.05, 0.1) is 13.2 Å². The first-order valence-electron chi connectivity index (χ1n) is 9.90. The van der Waals surface area contributed by atoms with E-state index in [1.54, 1.807) is 6.08 Å². The van der Waals surface area contributed by atoms with Crippen LogP contribution in [0.3, 0.4) is 0 Å². The van der Waals surface area contributed by atoms with Crippen LogP contribution in [-0.4, -0.2) is 49.0 Å². The van der Waals surface area contributed by atoms with Gasteiger partial charge in [-0.2, -0.15) is 0 Å². The van der Waals surface area contributed by atoms with Crippen molar-refractivity contribution in [2.45, 2.75) is 53.9 Å². The Morgan fingerprint density at radius 1 is 1.11 bits per heavy atom. The first-order valence-corrected chi connectivity index (χ1v) is 9.90. The minimum Gasteiger partial charge on any atom is -0.395 e. The third-order valence-corrected chi connectivity index (χ3v) is 4.73. The number of likely N-dealkylation sites (N-methyl/N-ethyl adjacent to an activating group) is 1. The van der Waals surface area contributed by atoms with E-state index in [4.69, 9.17) is 10.2 Å². The van der Waals surface area contributed by atoms with Gasteiger partial charge in [-0.1, -0.05) is 67.0 Å². The van der Waals surface area contributed by atoms with Crippen molar-refractivity contribution in [1.82, 2.24) is 4.90 Å². The van der Waals surface area contributed by atoms with Gasteiger partial charge in [-0.3, -0.25) is 0 Å². The fraction of sp³-hybridized carbons (Fsp3) is 0.583. The van der Waals surface area contributed by atoms with E-state index < -0.39 is 0 Å². The van der Waals surface area contributed by atoms with Gasteiger partial charge in [-0.15, -0.1) is 0 Å². The maximum absolute atomic E-state index is 8.81. The maximum Gasteiger partial charge on any atom is 0.0617 e. The second kappa shape index (κ2) is 13.7. The fourth-order valence-corrected chi connectivity index (χ4v) is 3.04. The Kier molecular flexibility index (Phi) is 13.0. The van der Waals surface area contributed by atoms with Crippen LogP contribution in [0.15, 0.2) is 58.7 Å². The summed E-state index contributed by atoms with van der Waals surface area (Å²) in [7, 11) is 3.85. The average molecular weight is 376 g/mol. The minimum absolute atomic E-state index is 0.0985. The normalized spacial score (nSPS) is 18.4. The van der Waals surface area contributed by atoms with E-state index in [-0.39, 0.29) is 13.2 Å². The van der Waals surface area contributed by atoms with Crippen LogP contribution >= 0.6 is 0 Å². The zero-order valence-electron chi connectivity index (χ0n) is 18.5. The van der Waals surface area contributed by atoms with Crippen molar-refractivity contribution in [3.63, 3.8) is 0 Å². The van der Waals surface area contributed by atoms with E-state index >= 15 is 0 Å². The maximum atomic E-state index is 8.81. The molecule has 0 bridgehead atoms. The Balaban J connectivity index is 0.000000972. The SMILES string of the molecule is CC1=C(/C=C/C(C)=C/C=C/C(C)=C/CO)C(C)(C)CCC1.CN(C)CCO. The predicted molar refractivity (Wildman–Crippen MR) is 119 cm³/mol. The van der Waals surface area contributed by atoms with E-state index in [1.165, 1.54) is 36.0 Å². The highest BCUT2D eigenvalue weighted by Crippen LogP contribution is 2.40. The van der Waals surface area contributed by atoms with Gasteiger partial charge in [0, 0.05) is 6.54 Å². The van der Waals surface area contributed by atoms with E-state index in [1.807, 2.05) is 38.1 Å². The van der Waals surface area contributed by atoms with Gasteiger partial charge >= 0.3 is 0 Å². The number of aliphatic hydroxyl groups is 2. The second-order valence-corrected chi connectivity index (χ2v) is 8.19. The van der Waals surface area contributed by atoms with E-state index in [9.17, 15) is 0 Å². The largest absolute Gasteiger partial charge is 0.395 e. The van der Waals surface area contributed by atoms with Crippen molar-refractivity contribution >= 4 is 0 Å². The summed E-state index contributed by atoms with van der Waals surface area (Å²) in [5.74, 6) is 0. The Hall–Kier alpha value is -1.42. The van der Waals surface area contributed by atoms with Crippen LogP contribution in [0.1, 0.15) is 53.9 Å². The van der Waals surface area contributed by atoms with Crippen molar-refractivity contribution in [3.05, 3.63) is 58.7 Å². The van der Waals surface area contributed by atoms with Crippen molar-refractivity contribution in [2.75, 3.05) is 33.9 Å². The zero-order valence-corrected chi connectivity index (χ0v) is 18.5. The summed E-state index contributed by atoms with van der Waals surface area (Å²) in [6.07, 6.45) is 16.3. The molecule has 0 atom stereocenters. The molecule has 3 nitrogen and oxygen atoms in total. The number of nitrogens with zero attached hydrogens (tertiary/aromatic N) is 1. The van der Waals surface area contributed by atoms with Gasteiger partial charge in [0.15, 0.2) is 0 Å². The van der Waals surface area contributed by atoms with Gasteiger partial charge in [0.1, 0.15) is 0 Å². The fourth-order valence-electron chi connectivity index (χ4n) is 3.04. The third kappa shape index (κ3) is 11.8. The molecule has 27 heavy (non-hydrogen) atoms. The van der Waals surface area contributed by atoms with Gasteiger partial charge in [-0.05, 0) is 65.1 Å². The van der Waals surface area contributed by atoms with Crippen LogP contribution in [-0.2, 0) is 0 Å². The molecule has 1 aliphatic carbocycles. The second-order valence-electron chi connectivity index (χ2n) is 8.19. The monoisotopic (exact) mass is 375 g/mol. The number of allylic oxidation sites excluding steroid dienone is 9. The van der Waals surface area contributed by atoms with Crippen molar-refractivity contribution in [1.29, 1.82) is 0 Å². The zero-order chi connectivity index (χ0) is 20.9. The molecule has 0 saturated heterocycles. The molecule has 0 aromatic rings. The molecule has 2 N–H and O–H groups in total. The lowest BCUT2D eigenvalue weighted by Crippen LogP contribution is -2.19. The summed E-state index contributed by atoms with van der Waals surface area (Å²) in [6, 6.07) is 0. The summed E-state index contributed by atoms with van der Waals surface area (Å²) in [5.41, 5.74) is 5.66. The molecule has 1 aliphatic rings. The van der Waals surface area contributed by atoms with Crippen LogP contribution in [0.5, 0.6) is 0 Å². The first kappa shape index (κ1) is 25.6. The Morgan fingerprint density at radius 2 is 1.78 bits per heavy atom. The average Bonchev–Trinajstić information content (AvgIpc) is 2.54. The molecule has 0 amide bonds. The van der Waals surface area contributed by atoms with E-state index in [0.717, 1.165) is 12.1 Å². The topological polar surface area (TPSA) is 43.7 Å². The molecule has 3 heteroatoms. The van der Waals surface area contributed by atoms with Crippen LogP contribution < -0.4 is 0 Å². The molecule has 0 saturated carbocycles. The lowest BCUT2D eigenvalue weighted by Gasteiger charge is -2.32. The molecular weight excluding hydrogens is 334 g/mol. The van der Waals surface area contributed by atoms with Gasteiger partial charge in [-0.25, -0.2) is 0 Å². The first-order chi connectivity index (χ1) is 12.6. The van der Waals surface area contributed by atoms with Crippen LogP contribution in [0, 0.1) is 5.41 Å². The molecule has 154 valence electrons. The standard InChI is InChI=1S/C20H30O.C4H11NO/c1-16(8-6-9-17(2)13-15-21)11-12-19-18(3)10-7-14-20(19,4)5;1-5(2)3-4-6/h6,8-9,11-13,21H,7,10,14-15H2,1-5H3;6H,3-4H2,1-2H3/b9-6+,12-11+,16-8+,17-13+;. The van der Waals surface area contributed by atoms with Crippen LogP contribution in [0.2, 0.25) is 0 Å². The molecule has 0 heterocycles. The third-order valence-electron chi connectivity index (χ3n) is 4.73. The molecule has 0 spiro atoms. The predicted octanol–water partition coefficient (Wildman–Crippen LogP) is 5.05. The highest BCUT2D eigenvalue weighted by molar-refractivity contribution is 5.37. The van der Waals surface area contributed by atoms with Crippen molar-refractivity contribution in [3.8, 4) is 0 Å². The molecule has 0 aromatic carbocycles. The summed E-state index contributed by atoms with van der Waals surface area (Å²) < 4.78 is 0. The number of aliphatic hydroxyl groups excluding tert-OH is 2. The summed E-state index contributed by atoms with van der Waals surface area (Å²) in [4.78, 5) is 1.93. The summed E-state index contributed by atoms with van der Waals surface area (Å²) >= 11 is 0. The lowest BCUT2D eigenvalue weighted by molar-refractivity contribution is 0.243.